The lowest BCUT2D eigenvalue weighted by molar-refractivity contribution is -0.157. The smallest absolute Gasteiger partial charge is 0.320 e. The Kier molecular flexibility index (Phi) is 19.9. The van der Waals surface area contributed by atoms with E-state index in [1.54, 1.807) is 0 Å². The number of carbonyl (C=O) groups is 4. The molecule has 0 heterocycles. The maximum atomic E-state index is 12.9. The first kappa shape index (κ1) is 42.0. The molecule has 2 N–H and O–H groups in total. The minimum absolute atomic E-state index is 0.0153. The molecule has 1 amide bonds. The van der Waals surface area contributed by atoms with Gasteiger partial charge in [0.1, 0.15) is 17.0 Å². The zero-order chi connectivity index (χ0) is 34.0. The number of esters is 2. The van der Waals surface area contributed by atoms with Crippen LogP contribution in [0.1, 0.15) is 121 Å². The molecule has 0 spiro atoms. The molecule has 10 heteroatoms. The molecule has 0 aliphatic carbocycles. The van der Waals surface area contributed by atoms with Gasteiger partial charge in [0, 0.05) is 57.0 Å². The van der Waals surface area contributed by atoms with Crippen LogP contribution in [0.3, 0.4) is 0 Å². The van der Waals surface area contributed by atoms with Crippen molar-refractivity contribution in [1.82, 2.24) is 20.4 Å². The quantitative estimate of drug-likeness (QED) is 0.123. The molecule has 10 nitrogen and oxygen atoms in total. The third-order valence-electron chi connectivity index (χ3n) is 7.91. The van der Waals surface area contributed by atoms with E-state index in [1.165, 1.54) is 0 Å². The normalized spacial score (nSPS) is 12.6. The average molecular weight is 627 g/mol. The van der Waals surface area contributed by atoms with Gasteiger partial charge >= 0.3 is 11.9 Å². The van der Waals surface area contributed by atoms with Crippen LogP contribution in [0.5, 0.6) is 0 Å². The van der Waals surface area contributed by atoms with Crippen molar-refractivity contribution in [3.8, 4) is 0 Å². The molecule has 0 rings (SSSR count). The predicted octanol–water partition coefficient (Wildman–Crippen LogP) is 4.73. The average Bonchev–Trinajstić information content (AvgIpc) is 2.91. The van der Waals surface area contributed by atoms with Crippen LogP contribution in [0.25, 0.3) is 0 Å². The summed E-state index contributed by atoms with van der Waals surface area (Å²) in [7, 11) is 0. The van der Waals surface area contributed by atoms with Gasteiger partial charge in [-0.05, 0) is 80.2 Å². The number of hydrogen-bond acceptors (Lipinski definition) is 9. The van der Waals surface area contributed by atoms with Crippen molar-refractivity contribution in [1.29, 1.82) is 0 Å². The second-order valence-electron chi connectivity index (χ2n) is 14.1. The highest BCUT2D eigenvalue weighted by atomic mass is 16.6. The Labute approximate surface area is 268 Å². The van der Waals surface area contributed by atoms with Crippen LogP contribution < -0.4 is 10.6 Å². The van der Waals surface area contributed by atoms with Gasteiger partial charge in [-0.3, -0.25) is 29.0 Å². The second kappa shape index (κ2) is 20.9. The molecule has 0 fully saturated rings. The summed E-state index contributed by atoms with van der Waals surface area (Å²) in [5.41, 5.74) is -1.56. The molecule has 0 aromatic heterocycles. The molecular weight excluding hydrogens is 560 g/mol. The van der Waals surface area contributed by atoms with Gasteiger partial charge in [0.2, 0.25) is 5.91 Å². The first-order chi connectivity index (χ1) is 20.4. The number of nitrogens with one attached hydrogen (secondary N) is 2. The van der Waals surface area contributed by atoms with E-state index < -0.39 is 11.2 Å². The Morgan fingerprint density at radius 3 is 1.59 bits per heavy atom. The number of amides is 1. The summed E-state index contributed by atoms with van der Waals surface area (Å²) in [4.78, 5) is 54.7. The van der Waals surface area contributed by atoms with E-state index in [1.807, 2.05) is 72.1 Å². The fourth-order valence-corrected chi connectivity index (χ4v) is 4.75. The number of ketones is 1. The number of carbonyl (C=O) groups excluding carboxylic acids is 4. The van der Waals surface area contributed by atoms with Crippen molar-refractivity contribution in [3.63, 3.8) is 0 Å². The first-order valence-corrected chi connectivity index (χ1v) is 16.8. The van der Waals surface area contributed by atoms with E-state index in [2.05, 4.69) is 24.5 Å². The molecule has 0 unspecified atom stereocenters. The molecular formula is C34H66N4O6. The topological polar surface area (TPSA) is 117 Å². The molecule has 258 valence electrons. The highest BCUT2D eigenvalue weighted by molar-refractivity contribution is 5.84. The number of rotatable bonds is 23. The van der Waals surface area contributed by atoms with Crippen LogP contribution in [0.2, 0.25) is 0 Å². The molecule has 0 aromatic rings. The van der Waals surface area contributed by atoms with Gasteiger partial charge in [-0.1, -0.05) is 34.6 Å². The molecule has 0 radical (unpaired) electrons. The largest absolute Gasteiger partial charge is 0.459 e. The van der Waals surface area contributed by atoms with E-state index in [9.17, 15) is 19.2 Å². The third kappa shape index (κ3) is 20.1. The van der Waals surface area contributed by atoms with Crippen molar-refractivity contribution in [2.45, 2.75) is 138 Å². The summed E-state index contributed by atoms with van der Waals surface area (Å²) >= 11 is 0. The molecule has 0 bridgehead atoms. The van der Waals surface area contributed by atoms with Crippen LogP contribution >= 0.6 is 0 Å². The maximum Gasteiger partial charge on any atom is 0.320 e. The molecule has 0 atom stereocenters. The van der Waals surface area contributed by atoms with Crippen LogP contribution in [-0.2, 0) is 28.7 Å². The Bertz CT molecular complexity index is 857. The van der Waals surface area contributed by atoms with E-state index in [4.69, 9.17) is 9.47 Å². The summed E-state index contributed by atoms with van der Waals surface area (Å²) in [5.74, 6) is -0.645. The van der Waals surface area contributed by atoms with Crippen molar-refractivity contribution >= 4 is 23.6 Å². The summed E-state index contributed by atoms with van der Waals surface area (Å²) in [6.45, 7) is 24.7. The lowest BCUT2D eigenvalue weighted by Crippen LogP contribution is -2.42. The summed E-state index contributed by atoms with van der Waals surface area (Å²) in [5, 5.41) is 6.51. The van der Waals surface area contributed by atoms with Gasteiger partial charge < -0.3 is 20.1 Å². The molecule has 44 heavy (non-hydrogen) atoms. The van der Waals surface area contributed by atoms with Gasteiger partial charge in [0.05, 0.1) is 13.1 Å². The molecule has 0 aliphatic heterocycles. The fraction of sp³-hybridized carbons (Fsp3) is 0.882. The van der Waals surface area contributed by atoms with Crippen LogP contribution in [0, 0.1) is 5.41 Å². The Morgan fingerprint density at radius 1 is 0.659 bits per heavy atom. The number of Topliss-reactive ketones (excluding diaryl/α,β-unsaturated/α-hetero) is 1. The Balaban J connectivity index is 5.11. The van der Waals surface area contributed by atoms with Crippen LogP contribution in [0.15, 0.2) is 0 Å². The molecule has 0 aliphatic rings. The second-order valence-corrected chi connectivity index (χ2v) is 14.1. The number of ether oxygens (including phenoxy) is 2. The number of hydrogen-bond donors (Lipinski definition) is 2. The molecule has 0 saturated carbocycles. The van der Waals surface area contributed by atoms with Crippen molar-refractivity contribution in [2.24, 2.45) is 5.41 Å². The molecule has 0 saturated heterocycles. The third-order valence-corrected chi connectivity index (χ3v) is 7.91. The van der Waals surface area contributed by atoms with Crippen molar-refractivity contribution < 1.29 is 28.7 Å². The summed E-state index contributed by atoms with van der Waals surface area (Å²) < 4.78 is 11.0. The lowest BCUT2D eigenvalue weighted by Gasteiger charge is -2.28. The van der Waals surface area contributed by atoms with Gasteiger partial charge in [-0.25, -0.2) is 0 Å². The van der Waals surface area contributed by atoms with Crippen LogP contribution in [-0.4, -0.2) is 103 Å². The highest BCUT2D eigenvalue weighted by Crippen LogP contribution is 2.28. The standard InChI is InChI=1S/C34H66N4O6/c1-12-27(13-2)35-19-16-21-37(25-30(41)43-32(5,6)7)24-20-36-29(40)18-23-38(26-31(42)44-33(8,9)10)22-17-28(39)34(11,14-3)15-4/h27,35H,12-26H2,1-11H3,(H,36,40). The zero-order valence-electron chi connectivity index (χ0n) is 30.0. The van der Waals surface area contributed by atoms with E-state index in [-0.39, 0.29) is 48.6 Å². The van der Waals surface area contributed by atoms with Crippen LogP contribution in [0.4, 0.5) is 0 Å². The lowest BCUT2D eigenvalue weighted by atomic mass is 9.79. The van der Waals surface area contributed by atoms with Gasteiger partial charge in [0.15, 0.2) is 0 Å². The minimum atomic E-state index is -0.617. The Morgan fingerprint density at radius 2 is 1.14 bits per heavy atom. The van der Waals surface area contributed by atoms with Crippen molar-refractivity contribution in [2.75, 3.05) is 52.4 Å². The zero-order valence-corrected chi connectivity index (χ0v) is 30.0. The Hall–Kier alpha value is -2.04. The van der Waals surface area contributed by atoms with E-state index in [0.29, 0.717) is 45.2 Å². The van der Waals surface area contributed by atoms with Gasteiger partial charge in [0.25, 0.3) is 0 Å². The van der Waals surface area contributed by atoms with E-state index in [0.717, 1.165) is 38.6 Å². The van der Waals surface area contributed by atoms with Gasteiger partial charge in [-0.2, -0.15) is 0 Å². The maximum absolute atomic E-state index is 12.9. The minimum Gasteiger partial charge on any atom is -0.459 e. The first-order valence-electron chi connectivity index (χ1n) is 16.8. The predicted molar refractivity (Wildman–Crippen MR) is 177 cm³/mol. The SMILES string of the molecule is CCC(CC)NCCCN(CCNC(=O)CCN(CCC(=O)C(C)(CC)CC)CC(=O)OC(C)(C)C)CC(=O)OC(C)(C)C. The summed E-state index contributed by atoms with van der Waals surface area (Å²) in [6, 6.07) is 0.490. The monoisotopic (exact) mass is 626 g/mol. The van der Waals surface area contributed by atoms with E-state index >= 15 is 0 Å². The molecule has 0 aromatic carbocycles. The summed E-state index contributed by atoms with van der Waals surface area (Å²) in [6.07, 6.45) is 5.04. The van der Waals surface area contributed by atoms with Crippen molar-refractivity contribution in [3.05, 3.63) is 0 Å². The fourth-order valence-electron chi connectivity index (χ4n) is 4.75. The number of nitrogens with zero attached hydrogens (tertiary/aromatic N) is 2. The van der Waals surface area contributed by atoms with Gasteiger partial charge in [-0.15, -0.1) is 0 Å². The highest BCUT2D eigenvalue weighted by Gasteiger charge is 2.29.